The Morgan fingerprint density at radius 2 is 1.54 bits per heavy atom. The number of alkyl halides is 6. The maximum atomic E-state index is 12.8. The zero-order chi connectivity index (χ0) is 19.8. The van der Waals surface area contributed by atoms with Gasteiger partial charge in [-0.05, 0) is 30.3 Å². The Labute approximate surface area is 143 Å². The molecule has 12 heteroatoms. The second-order valence-electron chi connectivity index (χ2n) is 4.93. The SMILES string of the molecule is N/C(=N\S(=O)(=O)c1cc(C(F)(F)F)cc(C(F)(F)F)c1)c1cccnc1. The van der Waals surface area contributed by atoms with Gasteiger partial charge in [-0.3, -0.25) is 4.98 Å². The van der Waals surface area contributed by atoms with Gasteiger partial charge in [0.2, 0.25) is 0 Å². The Hall–Kier alpha value is -2.63. The number of aromatic nitrogens is 1. The highest BCUT2D eigenvalue weighted by atomic mass is 32.2. The molecule has 2 aromatic rings. The third-order valence-electron chi connectivity index (χ3n) is 3.03. The highest BCUT2D eigenvalue weighted by Crippen LogP contribution is 2.37. The number of sulfonamides is 1. The molecule has 0 amide bonds. The topological polar surface area (TPSA) is 85.4 Å². The molecule has 0 unspecified atom stereocenters. The fraction of sp³-hybridized carbons (Fsp3) is 0.143. The lowest BCUT2D eigenvalue weighted by Gasteiger charge is -2.13. The molecular weight excluding hydrogens is 388 g/mol. The first-order valence-electron chi connectivity index (χ1n) is 6.61. The van der Waals surface area contributed by atoms with Gasteiger partial charge in [-0.1, -0.05) is 0 Å². The van der Waals surface area contributed by atoms with Gasteiger partial charge in [0, 0.05) is 18.0 Å². The summed E-state index contributed by atoms with van der Waals surface area (Å²) in [5.74, 6) is -0.635. The summed E-state index contributed by atoms with van der Waals surface area (Å²) < 4.78 is 104. The normalized spacial score (nSPS) is 13.7. The van der Waals surface area contributed by atoms with Gasteiger partial charge < -0.3 is 5.73 Å². The van der Waals surface area contributed by atoms with Crippen LogP contribution in [-0.4, -0.2) is 19.2 Å². The molecule has 2 rings (SSSR count). The standard InChI is InChI=1S/C14H9F6N3O2S/c15-13(16,17)9-4-10(14(18,19)20)6-11(5-9)26(24,25)23-12(21)8-2-1-3-22-7-8/h1-7H,(H2,21,23). The highest BCUT2D eigenvalue weighted by Gasteiger charge is 2.38. The summed E-state index contributed by atoms with van der Waals surface area (Å²) >= 11 is 0. The number of rotatable bonds is 3. The molecule has 0 fully saturated rings. The summed E-state index contributed by atoms with van der Waals surface area (Å²) in [5, 5.41) is 0. The van der Waals surface area contributed by atoms with Crippen LogP contribution in [0.1, 0.15) is 16.7 Å². The molecular formula is C14H9F6N3O2S. The summed E-state index contributed by atoms with van der Waals surface area (Å²) in [4.78, 5) is 2.36. The van der Waals surface area contributed by atoms with Crippen LogP contribution in [0.4, 0.5) is 26.3 Å². The monoisotopic (exact) mass is 397 g/mol. The van der Waals surface area contributed by atoms with Crippen LogP contribution in [0.3, 0.4) is 0 Å². The molecule has 0 aliphatic heterocycles. The van der Waals surface area contributed by atoms with Crippen molar-refractivity contribution in [3.63, 3.8) is 0 Å². The minimum Gasteiger partial charge on any atom is -0.382 e. The van der Waals surface area contributed by atoms with Crippen LogP contribution in [0.2, 0.25) is 0 Å². The smallest absolute Gasteiger partial charge is 0.382 e. The van der Waals surface area contributed by atoms with Crippen LogP contribution in [0, 0.1) is 0 Å². The number of hydrogen-bond acceptors (Lipinski definition) is 3. The van der Waals surface area contributed by atoms with E-state index >= 15 is 0 Å². The van der Waals surface area contributed by atoms with Crippen LogP contribution in [0.25, 0.3) is 0 Å². The van der Waals surface area contributed by atoms with E-state index in [1.807, 2.05) is 0 Å². The predicted molar refractivity (Wildman–Crippen MR) is 78.6 cm³/mol. The Kier molecular flexibility index (Phi) is 4.99. The zero-order valence-electron chi connectivity index (χ0n) is 12.5. The van der Waals surface area contributed by atoms with E-state index in [-0.39, 0.29) is 23.8 Å². The molecule has 0 saturated carbocycles. The van der Waals surface area contributed by atoms with E-state index in [0.717, 1.165) is 6.20 Å². The Bertz CT molecular complexity index is 905. The van der Waals surface area contributed by atoms with Crippen LogP contribution in [0.15, 0.2) is 52.0 Å². The van der Waals surface area contributed by atoms with E-state index in [1.54, 1.807) is 0 Å². The Morgan fingerprint density at radius 1 is 1.00 bits per heavy atom. The molecule has 0 saturated heterocycles. The minimum absolute atomic E-state index is 0.0269. The second kappa shape index (κ2) is 6.59. The van der Waals surface area contributed by atoms with Crippen molar-refractivity contribution in [3.05, 3.63) is 59.4 Å². The fourth-order valence-corrected chi connectivity index (χ4v) is 2.85. The fourth-order valence-electron chi connectivity index (χ4n) is 1.82. The van der Waals surface area contributed by atoms with E-state index < -0.39 is 44.2 Å². The molecule has 0 atom stereocenters. The van der Waals surface area contributed by atoms with Crippen molar-refractivity contribution in [1.82, 2.24) is 4.98 Å². The molecule has 140 valence electrons. The first-order chi connectivity index (χ1) is 11.8. The first kappa shape index (κ1) is 19.7. The predicted octanol–water partition coefficient (Wildman–Crippen LogP) is 3.21. The summed E-state index contributed by atoms with van der Waals surface area (Å²) in [6.45, 7) is 0. The summed E-state index contributed by atoms with van der Waals surface area (Å²) in [6, 6.07) is 2.63. The average Bonchev–Trinajstić information content (AvgIpc) is 2.53. The maximum Gasteiger partial charge on any atom is 0.416 e. The number of amidine groups is 1. The van der Waals surface area contributed by atoms with Gasteiger partial charge in [0.15, 0.2) is 0 Å². The van der Waals surface area contributed by atoms with Crippen molar-refractivity contribution >= 4 is 15.9 Å². The molecule has 5 nitrogen and oxygen atoms in total. The highest BCUT2D eigenvalue weighted by molar-refractivity contribution is 7.90. The van der Waals surface area contributed by atoms with Crippen molar-refractivity contribution in [2.24, 2.45) is 10.1 Å². The quantitative estimate of drug-likeness (QED) is 0.490. The molecule has 0 bridgehead atoms. The molecule has 2 N–H and O–H groups in total. The molecule has 0 radical (unpaired) electrons. The summed E-state index contributed by atoms with van der Waals surface area (Å²) in [6.07, 6.45) is -7.91. The lowest BCUT2D eigenvalue weighted by Crippen LogP contribution is -2.17. The lowest BCUT2D eigenvalue weighted by molar-refractivity contribution is -0.143. The van der Waals surface area contributed by atoms with Crippen molar-refractivity contribution in [2.75, 3.05) is 0 Å². The Morgan fingerprint density at radius 3 is 1.96 bits per heavy atom. The van der Waals surface area contributed by atoms with Crippen molar-refractivity contribution in [1.29, 1.82) is 0 Å². The number of nitrogens with zero attached hydrogens (tertiary/aromatic N) is 2. The van der Waals surface area contributed by atoms with Gasteiger partial charge in [-0.25, -0.2) is 0 Å². The summed E-state index contributed by atoms with van der Waals surface area (Å²) in [5.41, 5.74) is 1.93. The third-order valence-corrected chi connectivity index (χ3v) is 4.30. The molecule has 0 aliphatic carbocycles. The molecule has 1 aromatic heterocycles. The third kappa shape index (κ3) is 4.50. The van der Waals surface area contributed by atoms with Gasteiger partial charge in [0.25, 0.3) is 10.0 Å². The van der Waals surface area contributed by atoms with Gasteiger partial charge in [0.1, 0.15) is 5.84 Å². The average molecular weight is 397 g/mol. The van der Waals surface area contributed by atoms with E-state index in [0.29, 0.717) is 0 Å². The minimum atomic E-state index is -5.19. The van der Waals surface area contributed by atoms with Crippen molar-refractivity contribution in [2.45, 2.75) is 17.2 Å². The molecule has 0 aliphatic rings. The zero-order valence-corrected chi connectivity index (χ0v) is 13.3. The molecule has 0 spiro atoms. The molecule has 26 heavy (non-hydrogen) atoms. The number of pyridine rings is 1. The van der Waals surface area contributed by atoms with Gasteiger partial charge in [0.05, 0.1) is 16.0 Å². The van der Waals surface area contributed by atoms with E-state index in [9.17, 15) is 34.8 Å². The van der Waals surface area contributed by atoms with Crippen LogP contribution in [0.5, 0.6) is 0 Å². The summed E-state index contributed by atoms with van der Waals surface area (Å²) in [7, 11) is -4.94. The van der Waals surface area contributed by atoms with Crippen molar-refractivity contribution < 1.29 is 34.8 Å². The van der Waals surface area contributed by atoms with Gasteiger partial charge >= 0.3 is 12.4 Å². The van der Waals surface area contributed by atoms with Crippen LogP contribution in [-0.2, 0) is 22.4 Å². The first-order valence-corrected chi connectivity index (χ1v) is 8.05. The van der Waals surface area contributed by atoms with Crippen molar-refractivity contribution in [3.8, 4) is 0 Å². The second-order valence-corrected chi connectivity index (χ2v) is 6.54. The van der Waals surface area contributed by atoms with Gasteiger partial charge in [-0.2, -0.15) is 34.8 Å². The number of benzene rings is 1. The molecule has 1 aromatic carbocycles. The van der Waals surface area contributed by atoms with E-state index in [1.165, 1.54) is 18.3 Å². The Balaban J connectivity index is 2.62. The number of halogens is 6. The molecule has 1 heterocycles. The van der Waals surface area contributed by atoms with Crippen LogP contribution >= 0.6 is 0 Å². The van der Waals surface area contributed by atoms with E-state index in [2.05, 4.69) is 9.38 Å². The van der Waals surface area contributed by atoms with Gasteiger partial charge in [-0.15, -0.1) is 4.40 Å². The van der Waals surface area contributed by atoms with E-state index in [4.69, 9.17) is 5.73 Å². The number of nitrogens with two attached hydrogens (primary N) is 1. The largest absolute Gasteiger partial charge is 0.416 e. The lowest BCUT2D eigenvalue weighted by atomic mass is 10.1. The maximum absolute atomic E-state index is 12.8. The number of hydrogen-bond donors (Lipinski definition) is 1. The van der Waals surface area contributed by atoms with Crippen LogP contribution < -0.4 is 5.73 Å².